The summed E-state index contributed by atoms with van der Waals surface area (Å²) in [5.74, 6) is 2.74. The average molecular weight is 881 g/mol. The molecule has 0 bridgehead atoms. The van der Waals surface area contributed by atoms with Gasteiger partial charge in [-0.25, -0.2) is 19.6 Å². The van der Waals surface area contributed by atoms with Gasteiger partial charge in [-0.1, -0.05) is 65.5 Å². The number of aromatic nitrogens is 4. The molecule has 0 spiro atoms. The number of fused-ring (bicyclic) bond motifs is 2. The minimum absolute atomic E-state index is 0. The molecule has 4 heterocycles. The Morgan fingerprint density at radius 3 is 1.33 bits per heavy atom. The van der Waals surface area contributed by atoms with E-state index in [1.54, 1.807) is 0 Å². The maximum absolute atomic E-state index is 13.3. The van der Waals surface area contributed by atoms with Gasteiger partial charge < -0.3 is 39.9 Å². The third-order valence-corrected chi connectivity index (χ3v) is 13.2. The molecule has 15 heteroatoms. The zero-order valence-electron chi connectivity index (χ0n) is 36.6. The molecule has 8 rings (SSSR count). The van der Waals surface area contributed by atoms with E-state index in [1.165, 1.54) is 76.7 Å². The molecular formula is C46H64FeN8O6. The first-order chi connectivity index (χ1) is 28.9. The summed E-state index contributed by atoms with van der Waals surface area (Å²) in [7, 11) is 2.62. The standard InChI is InChI=1S/2C23H32N4O3.Fe/c2*1-14(2)20(26-23(29)30-3)22(28)27-12-6-9-19(27)21-24-17-11-10-16(13-18(17)25-21)15-7-4-5-8-15;/h2*10-11,13-15,19-20H,4-9,12H2,1-3H3,(H,24,25)(H,26,29);/t2*19-,20-;/m00./s1. The molecule has 2 aliphatic heterocycles. The third-order valence-electron chi connectivity index (χ3n) is 13.2. The van der Waals surface area contributed by atoms with Gasteiger partial charge in [0.2, 0.25) is 11.8 Å². The van der Waals surface area contributed by atoms with E-state index in [1.807, 2.05) is 37.5 Å². The van der Waals surface area contributed by atoms with Crippen LogP contribution in [-0.2, 0) is 36.1 Å². The van der Waals surface area contributed by atoms with Crippen LogP contribution in [0.25, 0.3) is 22.1 Å². The van der Waals surface area contributed by atoms with Crippen LogP contribution in [0.2, 0.25) is 0 Å². The Kier molecular flexibility index (Phi) is 15.4. The molecule has 4 N–H and O–H groups in total. The van der Waals surface area contributed by atoms with Gasteiger partial charge in [0.25, 0.3) is 0 Å². The average Bonchev–Trinajstić information content (AvgIpc) is 4.10. The number of amides is 4. The maximum atomic E-state index is 13.3. The van der Waals surface area contributed by atoms with E-state index in [0.29, 0.717) is 24.9 Å². The first-order valence-corrected chi connectivity index (χ1v) is 22.2. The first-order valence-electron chi connectivity index (χ1n) is 22.2. The van der Waals surface area contributed by atoms with E-state index < -0.39 is 24.3 Å². The van der Waals surface area contributed by atoms with Crippen LogP contribution < -0.4 is 10.6 Å². The van der Waals surface area contributed by atoms with Gasteiger partial charge >= 0.3 is 12.2 Å². The fourth-order valence-corrected chi connectivity index (χ4v) is 9.82. The zero-order valence-corrected chi connectivity index (χ0v) is 37.7. The summed E-state index contributed by atoms with van der Waals surface area (Å²) < 4.78 is 9.42. The molecule has 2 aromatic heterocycles. The van der Waals surface area contributed by atoms with Crippen LogP contribution in [-0.4, -0.2) is 93.1 Å². The van der Waals surface area contributed by atoms with Gasteiger partial charge in [-0.2, -0.15) is 0 Å². The molecule has 4 amide bonds. The number of carbonyl (C=O) groups is 4. The second-order valence-corrected chi connectivity index (χ2v) is 17.9. The Balaban J connectivity index is 0.000000201. The predicted molar refractivity (Wildman–Crippen MR) is 230 cm³/mol. The second kappa shape index (κ2) is 20.5. The summed E-state index contributed by atoms with van der Waals surface area (Å²) in [5.41, 5.74) is 6.75. The number of hydrogen-bond donors (Lipinski definition) is 4. The van der Waals surface area contributed by atoms with Gasteiger partial charge in [-0.15, -0.1) is 0 Å². The van der Waals surface area contributed by atoms with Crippen LogP contribution in [0.15, 0.2) is 36.4 Å². The van der Waals surface area contributed by atoms with Crippen molar-refractivity contribution in [3.8, 4) is 0 Å². The molecule has 332 valence electrons. The number of alkyl carbamates (subject to hydrolysis) is 2. The number of rotatable bonds is 10. The molecule has 0 radical (unpaired) electrons. The van der Waals surface area contributed by atoms with E-state index in [2.05, 4.69) is 57.0 Å². The number of H-pyrrole nitrogens is 2. The predicted octanol–water partition coefficient (Wildman–Crippen LogP) is 8.53. The van der Waals surface area contributed by atoms with Crippen LogP contribution in [0.3, 0.4) is 0 Å². The van der Waals surface area contributed by atoms with Crippen molar-refractivity contribution in [1.29, 1.82) is 0 Å². The Labute approximate surface area is 369 Å². The zero-order chi connectivity index (χ0) is 42.5. The fourth-order valence-electron chi connectivity index (χ4n) is 9.82. The number of likely N-dealkylation sites (tertiary alicyclic amines) is 2. The molecule has 4 aromatic rings. The third kappa shape index (κ3) is 10.4. The number of ether oxygens (including phenoxy) is 2. The van der Waals surface area contributed by atoms with E-state index in [4.69, 9.17) is 19.4 Å². The van der Waals surface area contributed by atoms with Gasteiger partial charge in [0, 0.05) is 30.2 Å². The molecule has 14 nitrogen and oxygen atoms in total. The summed E-state index contributed by atoms with van der Waals surface area (Å²) in [6.07, 6.45) is 12.7. The summed E-state index contributed by atoms with van der Waals surface area (Å²) in [6.45, 7) is 9.04. The van der Waals surface area contributed by atoms with Crippen LogP contribution in [0.1, 0.15) is 151 Å². The molecule has 2 saturated carbocycles. The summed E-state index contributed by atoms with van der Waals surface area (Å²) in [6, 6.07) is 11.6. The normalized spacial score (nSPS) is 20.5. The van der Waals surface area contributed by atoms with E-state index in [-0.39, 0.29) is 52.8 Å². The SMILES string of the molecule is COC(=O)N[C@H](C(=O)N1CCC[C@H]1c1nc2ccc(C3CCCC3)cc2[nH]1)C(C)C.COC(=O)N[C@H](C(=O)N1CCC[C@H]1c1nc2ccc(C3CCCC3)cc2[nH]1)C(C)C.[Fe]. The molecule has 4 fully saturated rings. The van der Waals surface area contributed by atoms with Crippen molar-refractivity contribution in [1.82, 2.24) is 40.4 Å². The van der Waals surface area contributed by atoms with Gasteiger partial charge in [-0.3, -0.25) is 9.59 Å². The van der Waals surface area contributed by atoms with Crippen molar-refractivity contribution >= 4 is 46.1 Å². The summed E-state index contributed by atoms with van der Waals surface area (Å²) >= 11 is 0. The van der Waals surface area contributed by atoms with Gasteiger partial charge in [-0.05, 0) is 110 Å². The smallest absolute Gasteiger partial charge is 0.407 e. The molecule has 2 aliphatic carbocycles. The van der Waals surface area contributed by atoms with Crippen LogP contribution in [0.5, 0.6) is 0 Å². The van der Waals surface area contributed by atoms with E-state index in [9.17, 15) is 19.2 Å². The molecule has 2 aromatic carbocycles. The number of imidazole rings is 2. The van der Waals surface area contributed by atoms with Crippen molar-refractivity contribution in [2.75, 3.05) is 27.3 Å². The van der Waals surface area contributed by atoms with Crippen molar-refractivity contribution in [3.05, 3.63) is 59.2 Å². The Hall–Kier alpha value is -4.62. The van der Waals surface area contributed by atoms with Crippen molar-refractivity contribution in [2.45, 2.75) is 141 Å². The maximum Gasteiger partial charge on any atom is 0.407 e. The Morgan fingerprint density at radius 2 is 0.984 bits per heavy atom. The second-order valence-electron chi connectivity index (χ2n) is 17.9. The van der Waals surface area contributed by atoms with Gasteiger partial charge in [0.05, 0.1) is 48.4 Å². The number of benzene rings is 2. The number of nitrogens with one attached hydrogen (secondary N) is 4. The van der Waals surface area contributed by atoms with Crippen LogP contribution in [0, 0.1) is 11.8 Å². The molecule has 2 saturated heterocycles. The van der Waals surface area contributed by atoms with Gasteiger partial charge in [0.1, 0.15) is 23.7 Å². The molecule has 0 unspecified atom stereocenters. The van der Waals surface area contributed by atoms with Crippen molar-refractivity contribution < 1.29 is 45.7 Å². The molecule has 4 aliphatic rings. The molecule has 4 atom stereocenters. The van der Waals surface area contributed by atoms with Crippen molar-refractivity contribution in [3.63, 3.8) is 0 Å². The Bertz CT molecular complexity index is 1990. The Morgan fingerprint density at radius 1 is 0.607 bits per heavy atom. The summed E-state index contributed by atoms with van der Waals surface area (Å²) in [5, 5.41) is 5.39. The topological polar surface area (TPSA) is 175 Å². The van der Waals surface area contributed by atoms with Crippen LogP contribution >= 0.6 is 0 Å². The monoisotopic (exact) mass is 880 g/mol. The quantitative estimate of drug-likeness (QED) is 0.115. The van der Waals surface area contributed by atoms with E-state index >= 15 is 0 Å². The number of hydrogen-bond acceptors (Lipinski definition) is 8. The van der Waals surface area contributed by atoms with Crippen LogP contribution in [0.4, 0.5) is 9.59 Å². The van der Waals surface area contributed by atoms with Crippen molar-refractivity contribution in [2.24, 2.45) is 11.8 Å². The number of carbonyl (C=O) groups excluding carboxylic acids is 4. The fraction of sp³-hybridized carbons (Fsp3) is 0.609. The molecule has 61 heavy (non-hydrogen) atoms. The minimum Gasteiger partial charge on any atom is -0.453 e. The number of methoxy groups -OCH3 is 2. The van der Waals surface area contributed by atoms with Gasteiger partial charge in [0.15, 0.2) is 0 Å². The minimum atomic E-state index is -0.614. The number of nitrogens with zero attached hydrogens (tertiary/aromatic N) is 4. The summed E-state index contributed by atoms with van der Waals surface area (Å²) in [4.78, 5) is 70.3. The molecular weight excluding hydrogens is 816 g/mol. The first kappa shape index (κ1) is 45.9. The number of aromatic amines is 2. The van der Waals surface area contributed by atoms with E-state index in [0.717, 1.165) is 59.4 Å². The largest absolute Gasteiger partial charge is 0.453 e.